The van der Waals surface area contributed by atoms with Crippen LogP contribution in [0.1, 0.15) is 19.5 Å². The second-order valence-electron chi connectivity index (χ2n) is 3.78. The smallest absolute Gasteiger partial charge is 0.354 e. The van der Waals surface area contributed by atoms with Crippen LogP contribution in [0.5, 0.6) is 0 Å². The molecule has 2 rings (SSSR count). The summed E-state index contributed by atoms with van der Waals surface area (Å²) in [7, 11) is 0. The lowest BCUT2D eigenvalue weighted by Gasteiger charge is -2.19. The summed E-state index contributed by atoms with van der Waals surface area (Å²) in [5.74, 6) is 0.470. The van der Waals surface area contributed by atoms with Gasteiger partial charge in [0.15, 0.2) is 17.2 Å². The van der Waals surface area contributed by atoms with Gasteiger partial charge in [0, 0.05) is 31.7 Å². The number of halogens is 3. The molecule has 0 N–H and O–H groups in total. The minimum atomic E-state index is -4.44. The summed E-state index contributed by atoms with van der Waals surface area (Å²) in [6, 6.07) is 0. The number of rotatable bonds is 3. The molecular formula is C11H13F3N4. The summed E-state index contributed by atoms with van der Waals surface area (Å²) in [5.41, 5.74) is -0.669. The molecule has 7 heteroatoms. The first-order valence-electron chi connectivity index (χ1n) is 5.63. The first-order valence-corrected chi connectivity index (χ1v) is 5.63. The lowest BCUT2D eigenvalue weighted by Crippen LogP contribution is -2.23. The summed E-state index contributed by atoms with van der Waals surface area (Å²) in [5, 5.41) is 0. The molecule has 0 saturated carbocycles. The molecule has 0 spiro atoms. The van der Waals surface area contributed by atoms with E-state index >= 15 is 0 Å². The van der Waals surface area contributed by atoms with Crippen molar-refractivity contribution in [2.75, 3.05) is 18.0 Å². The average molecular weight is 258 g/mol. The molecule has 18 heavy (non-hydrogen) atoms. The van der Waals surface area contributed by atoms with Crippen LogP contribution in [-0.4, -0.2) is 27.5 Å². The molecule has 98 valence electrons. The van der Waals surface area contributed by atoms with Crippen molar-refractivity contribution in [3.8, 4) is 0 Å². The Morgan fingerprint density at radius 3 is 2.50 bits per heavy atom. The number of nitrogens with zero attached hydrogens (tertiary/aromatic N) is 4. The number of anilines is 1. The fourth-order valence-electron chi connectivity index (χ4n) is 1.79. The van der Waals surface area contributed by atoms with E-state index in [1.54, 1.807) is 0 Å². The van der Waals surface area contributed by atoms with Gasteiger partial charge >= 0.3 is 6.18 Å². The van der Waals surface area contributed by atoms with Crippen LogP contribution in [-0.2, 0) is 6.18 Å². The molecule has 0 aliphatic carbocycles. The first-order chi connectivity index (χ1) is 8.47. The number of imidazole rings is 1. The summed E-state index contributed by atoms with van der Waals surface area (Å²) in [6.07, 6.45) is -0.524. The van der Waals surface area contributed by atoms with Gasteiger partial charge in [0.1, 0.15) is 0 Å². The molecule has 0 bridgehead atoms. The van der Waals surface area contributed by atoms with Crippen molar-refractivity contribution in [2.24, 2.45) is 0 Å². The number of aromatic nitrogens is 3. The van der Waals surface area contributed by atoms with Gasteiger partial charge in [-0.05, 0) is 13.8 Å². The van der Waals surface area contributed by atoms with Crippen molar-refractivity contribution in [1.82, 2.24) is 14.4 Å². The van der Waals surface area contributed by atoms with Crippen LogP contribution >= 0.6 is 0 Å². The summed E-state index contributed by atoms with van der Waals surface area (Å²) in [6.45, 7) is 5.17. The first kappa shape index (κ1) is 12.7. The zero-order valence-electron chi connectivity index (χ0n) is 10.1. The second-order valence-corrected chi connectivity index (χ2v) is 3.78. The zero-order chi connectivity index (χ0) is 13.3. The van der Waals surface area contributed by atoms with Crippen molar-refractivity contribution in [2.45, 2.75) is 20.0 Å². The quantitative estimate of drug-likeness (QED) is 0.848. The minimum Gasteiger partial charge on any atom is -0.354 e. The molecule has 0 saturated heterocycles. The van der Waals surface area contributed by atoms with Crippen LogP contribution in [0.4, 0.5) is 19.0 Å². The maximum absolute atomic E-state index is 12.6. The highest BCUT2D eigenvalue weighted by Gasteiger charge is 2.34. The third-order valence-corrected chi connectivity index (χ3v) is 2.71. The highest BCUT2D eigenvalue weighted by Crippen LogP contribution is 2.30. The van der Waals surface area contributed by atoms with Gasteiger partial charge in [-0.1, -0.05) is 0 Å². The standard InChI is InChI=1S/C11H13F3N4/c1-3-17(4-2)9-10-16-8(11(12,13)14)7-18(10)6-5-15-9/h5-7H,3-4H2,1-2H3. The molecule has 4 nitrogen and oxygen atoms in total. The van der Waals surface area contributed by atoms with Crippen LogP contribution in [0.15, 0.2) is 18.6 Å². The van der Waals surface area contributed by atoms with Gasteiger partial charge in [-0.2, -0.15) is 13.2 Å². The molecule has 0 radical (unpaired) electrons. The second kappa shape index (κ2) is 4.47. The maximum Gasteiger partial charge on any atom is 0.434 e. The van der Waals surface area contributed by atoms with Gasteiger partial charge in [-0.15, -0.1) is 0 Å². The highest BCUT2D eigenvalue weighted by molar-refractivity contribution is 5.64. The Bertz CT molecular complexity index is 543. The Labute approximate surface area is 102 Å². The van der Waals surface area contributed by atoms with Crippen molar-refractivity contribution in [3.05, 3.63) is 24.3 Å². The van der Waals surface area contributed by atoms with E-state index in [-0.39, 0.29) is 5.65 Å². The predicted octanol–water partition coefficient (Wildman–Crippen LogP) is 2.59. The van der Waals surface area contributed by atoms with E-state index in [1.807, 2.05) is 18.7 Å². The third kappa shape index (κ3) is 2.12. The fraction of sp³-hybridized carbons (Fsp3) is 0.455. The van der Waals surface area contributed by atoms with E-state index < -0.39 is 11.9 Å². The normalized spacial score (nSPS) is 12.1. The summed E-state index contributed by atoms with van der Waals surface area (Å²) < 4.78 is 39.2. The Morgan fingerprint density at radius 2 is 1.94 bits per heavy atom. The van der Waals surface area contributed by atoms with Gasteiger partial charge < -0.3 is 9.30 Å². The lowest BCUT2D eigenvalue weighted by molar-refractivity contribution is -0.140. The Hall–Kier alpha value is -1.79. The topological polar surface area (TPSA) is 33.4 Å². The van der Waals surface area contributed by atoms with Gasteiger partial charge in [0.2, 0.25) is 0 Å². The minimum absolute atomic E-state index is 0.230. The average Bonchev–Trinajstić information content (AvgIpc) is 2.75. The van der Waals surface area contributed by atoms with Gasteiger partial charge in [-0.3, -0.25) is 0 Å². The van der Waals surface area contributed by atoms with E-state index in [0.29, 0.717) is 18.9 Å². The van der Waals surface area contributed by atoms with Crippen LogP contribution in [0, 0.1) is 0 Å². The van der Waals surface area contributed by atoms with Crippen LogP contribution in [0.3, 0.4) is 0 Å². The summed E-state index contributed by atoms with van der Waals surface area (Å²) >= 11 is 0. The van der Waals surface area contributed by atoms with Crippen LogP contribution in [0.25, 0.3) is 5.65 Å². The fourth-order valence-corrected chi connectivity index (χ4v) is 1.79. The predicted molar refractivity (Wildman–Crippen MR) is 61.6 cm³/mol. The van der Waals surface area contributed by atoms with Crippen LogP contribution < -0.4 is 4.90 Å². The number of fused-ring (bicyclic) bond motifs is 1. The Kier molecular flexibility index (Phi) is 3.14. The monoisotopic (exact) mass is 258 g/mol. The number of hydrogen-bond acceptors (Lipinski definition) is 3. The van der Waals surface area contributed by atoms with Crippen LogP contribution in [0.2, 0.25) is 0 Å². The molecule has 0 aliphatic rings. The molecule has 0 amide bonds. The highest BCUT2D eigenvalue weighted by atomic mass is 19.4. The van der Waals surface area contributed by atoms with Crippen molar-refractivity contribution >= 4 is 11.5 Å². The van der Waals surface area contributed by atoms with E-state index in [4.69, 9.17) is 0 Å². The van der Waals surface area contributed by atoms with Crippen molar-refractivity contribution < 1.29 is 13.2 Å². The SMILES string of the molecule is CCN(CC)c1nccn2cc(C(F)(F)F)nc12. The molecule has 2 aromatic heterocycles. The molecule has 0 aliphatic heterocycles. The van der Waals surface area contributed by atoms with E-state index in [0.717, 1.165) is 6.20 Å². The zero-order valence-corrected chi connectivity index (χ0v) is 10.1. The Morgan fingerprint density at radius 1 is 1.28 bits per heavy atom. The molecular weight excluding hydrogens is 245 g/mol. The van der Waals surface area contributed by atoms with Crippen molar-refractivity contribution in [1.29, 1.82) is 0 Å². The van der Waals surface area contributed by atoms with Crippen molar-refractivity contribution in [3.63, 3.8) is 0 Å². The molecule has 2 heterocycles. The largest absolute Gasteiger partial charge is 0.434 e. The molecule has 0 unspecified atom stereocenters. The Balaban J connectivity index is 2.59. The van der Waals surface area contributed by atoms with E-state index in [9.17, 15) is 13.2 Å². The van der Waals surface area contributed by atoms with E-state index in [1.165, 1.54) is 16.8 Å². The molecule has 2 aromatic rings. The number of hydrogen-bond donors (Lipinski definition) is 0. The molecule has 0 atom stereocenters. The molecule has 0 fully saturated rings. The molecule has 0 aromatic carbocycles. The third-order valence-electron chi connectivity index (χ3n) is 2.71. The van der Waals surface area contributed by atoms with Gasteiger partial charge in [-0.25, -0.2) is 9.97 Å². The summed E-state index contributed by atoms with van der Waals surface area (Å²) in [4.78, 5) is 9.62. The maximum atomic E-state index is 12.6. The van der Waals surface area contributed by atoms with Gasteiger partial charge in [0.05, 0.1) is 0 Å². The van der Waals surface area contributed by atoms with Gasteiger partial charge in [0.25, 0.3) is 0 Å². The number of alkyl halides is 3. The lowest BCUT2D eigenvalue weighted by atomic mass is 10.4. The van der Waals surface area contributed by atoms with E-state index in [2.05, 4.69) is 9.97 Å².